The highest BCUT2D eigenvalue weighted by Crippen LogP contribution is 2.32. The molecule has 0 amide bonds. The Morgan fingerprint density at radius 1 is 1.25 bits per heavy atom. The minimum absolute atomic E-state index is 0.181. The fourth-order valence-electron chi connectivity index (χ4n) is 1.79. The van der Waals surface area contributed by atoms with Crippen LogP contribution in [0.1, 0.15) is 32.3 Å². The first-order chi connectivity index (χ1) is 9.54. The summed E-state index contributed by atoms with van der Waals surface area (Å²) >= 11 is 12.2. The zero-order valence-corrected chi connectivity index (χ0v) is 13.6. The summed E-state index contributed by atoms with van der Waals surface area (Å²) in [7, 11) is 0. The third-order valence-electron chi connectivity index (χ3n) is 2.75. The van der Waals surface area contributed by atoms with E-state index >= 15 is 0 Å². The number of halogens is 2. The van der Waals surface area contributed by atoms with Crippen LogP contribution < -0.4 is 10.1 Å². The summed E-state index contributed by atoms with van der Waals surface area (Å²) in [6.07, 6.45) is 1.53. The number of aliphatic hydroxyl groups is 1. The van der Waals surface area contributed by atoms with Gasteiger partial charge in [0, 0.05) is 23.7 Å². The van der Waals surface area contributed by atoms with Gasteiger partial charge in [-0.15, -0.1) is 0 Å². The van der Waals surface area contributed by atoms with Gasteiger partial charge in [0.2, 0.25) is 0 Å². The number of aliphatic hydroxyl groups excluding tert-OH is 1. The van der Waals surface area contributed by atoms with Crippen molar-refractivity contribution in [1.82, 2.24) is 5.32 Å². The minimum atomic E-state index is 0.181. The van der Waals surface area contributed by atoms with Crippen molar-refractivity contribution >= 4 is 23.2 Å². The van der Waals surface area contributed by atoms with Crippen molar-refractivity contribution < 1.29 is 9.84 Å². The highest BCUT2D eigenvalue weighted by Gasteiger charge is 2.11. The van der Waals surface area contributed by atoms with Crippen LogP contribution in [0.4, 0.5) is 0 Å². The molecule has 1 rings (SSSR count). The summed E-state index contributed by atoms with van der Waals surface area (Å²) in [5, 5.41) is 13.3. The Morgan fingerprint density at radius 3 is 2.65 bits per heavy atom. The van der Waals surface area contributed by atoms with Crippen molar-refractivity contribution in [2.45, 2.75) is 33.2 Å². The number of hydrogen-bond acceptors (Lipinski definition) is 3. The first-order valence-electron chi connectivity index (χ1n) is 6.97. The van der Waals surface area contributed by atoms with E-state index in [2.05, 4.69) is 19.2 Å². The molecule has 0 radical (unpaired) electrons. The molecule has 3 nitrogen and oxygen atoms in total. The molecule has 1 aromatic rings. The molecule has 0 saturated heterocycles. The zero-order chi connectivity index (χ0) is 15.0. The van der Waals surface area contributed by atoms with Crippen molar-refractivity contribution in [2.75, 3.05) is 19.8 Å². The Labute approximate surface area is 131 Å². The molecule has 0 aliphatic carbocycles. The van der Waals surface area contributed by atoms with Crippen LogP contribution in [0.5, 0.6) is 5.75 Å². The van der Waals surface area contributed by atoms with Crippen molar-refractivity contribution in [3.8, 4) is 5.75 Å². The van der Waals surface area contributed by atoms with Gasteiger partial charge in [0.15, 0.2) is 0 Å². The largest absolute Gasteiger partial charge is 0.492 e. The van der Waals surface area contributed by atoms with E-state index in [1.807, 2.05) is 6.07 Å². The third-order valence-corrected chi connectivity index (χ3v) is 3.25. The first-order valence-corrected chi connectivity index (χ1v) is 7.72. The van der Waals surface area contributed by atoms with Crippen molar-refractivity contribution in [3.63, 3.8) is 0 Å². The molecule has 5 heteroatoms. The van der Waals surface area contributed by atoms with Gasteiger partial charge in [0.25, 0.3) is 0 Å². The molecule has 20 heavy (non-hydrogen) atoms. The molecule has 0 bridgehead atoms. The van der Waals surface area contributed by atoms with Gasteiger partial charge >= 0.3 is 0 Å². The van der Waals surface area contributed by atoms with Gasteiger partial charge < -0.3 is 15.2 Å². The summed E-state index contributed by atoms with van der Waals surface area (Å²) in [6.45, 7) is 6.63. The summed E-state index contributed by atoms with van der Waals surface area (Å²) in [5.41, 5.74) is 0.965. The molecule has 0 unspecified atom stereocenters. The second kappa shape index (κ2) is 9.46. The van der Waals surface area contributed by atoms with Crippen molar-refractivity contribution in [1.29, 1.82) is 0 Å². The van der Waals surface area contributed by atoms with E-state index in [0.717, 1.165) is 24.9 Å². The van der Waals surface area contributed by atoms with Gasteiger partial charge in [-0.2, -0.15) is 0 Å². The normalized spacial score (nSPS) is 11.1. The van der Waals surface area contributed by atoms with Crippen LogP contribution in [0.25, 0.3) is 0 Å². The van der Waals surface area contributed by atoms with E-state index in [0.29, 0.717) is 34.9 Å². The fourth-order valence-corrected chi connectivity index (χ4v) is 2.38. The molecular weight excluding hydrogens is 297 g/mol. The Kier molecular flexibility index (Phi) is 8.31. The summed E-state index contributed by atoms with van der Waals surface area (Å²) in [4.78, 5) is 0. The van der Waals surface area contributed by atoms with Gasteiger partial charge in [-0.3, -0.25) is 0 Å². The molecule has 0 saturated carbocycles. The molecule has 0 heterocycles. The van der Waals surface area contributed by atoms with E-state index in [1.54, 1.807) is 6.07 Å². The van der Waals surface area contributed by atoms with Crippen LogP contribution >= 0.6 is 23.2 Å². The van der Waals surface area contributed by atoms with Crippen LogP contribution in [-0.2, 0) is 6.54 Å². The van der Waals surface area contributed by atoms with Crippen molar-refractivity contribution in [2.24, 2.45) is 5.92 Å². The van der Waals surface area contributed by atoms with E-state index in [-0.39, 0.29) is 6.61 Å². The quantitative estimate of drug-likeness (QED) is 0.678. The van der Waals surface area contributed by atoms with Gasteiger partial charge in [-0.25, -0.2) is 0 Å². The van der Waals surface area contributed by atoms with E-state index in [4.69, 9.17) is 33.0 Å². The summed E-state index contributed by atoms with van der Waals surface area (Å²) in [5.74, 6) is 1.27. The molecule has 2 N–H and O–H groups in total. The number of ether oxygens (including phenoxy) is 1. The van der Waals surface area contributed by atoms with Gasteiger partial charge in [-0.05, 0) is 37.4 Å². The Hall–Kier alpha value is -0.480. The number of hydrogen-bond donors (Lipinski definition) is 2. The Balaban J connectivity index is 2.68. The maximum atomic E-state index is 8.77. The first kappa shape index (κ1) is 17.6. The number of nitrogens with one attached hydrogen (secondary N) is 1. The fraction of sp³-hybridized carbons (Fsp3) is 0.600. The molecule has 0 spiro atoms. The molecule has 0 aliphatic heterocycles. The number of rotatable bonds is 9. The molecule has 0 fully saturated rings. The average molecular weight is 320 g/mol. The lowest BCUT2D eigenvalue weighted by atomic mass is 10.1. The third kappa shape index (κ3) is 6.31. The van der Waals surface area contributed by atoms with Crippen LogP contribution in [0.3, 0.4) is 0 Å². The van der Waals surface area contributed by atoms with E-state index in [1.165, 1.54) is 0 Å². The maximum Gasteiger partial charge on any atom is 0.142 e. The van der Waals surface area contributed by atoms with E-state index in [9.17, 15) is 0 Å². The maximum absolute atomic E-state index is 8.77. The SMILES string of the molecule is CC(C)CNCc1cc(Cl)cc(Cl)c1OCCCCO. The van der Waals surface area contributed by atoms with E-state index < -0.39 is 0 Å². The molecule has 0 atom stereocenters. The number of benzene rings is 1. The topological polar surface area (TPSA) is 41.5 Å². The van der Waals surface area contributed by atoms with Crippen LogP contribution in [0.15, 0.2) is 12.1 Å². The van der Waals surface area contributed by atoms with Crippen LogP contribution in [0, 0.1) is 5.92 Å². The lowest BCUT2D eigenvalue weighted by molar-refractivity contribution is 0.252. The summed E-state index contributed by atoms with van der Waals surface area (Å²) in [6, 6.07) is 3.57. The Bertz CT molecular complexity index is 411. The molecule has 0 aliphatic rings. The highest BCUT2D eigenvalue weighted by molar-refractivity contribution is 6.35. The second-order valence-corrected chi connectivity index (χ2v) is 6.02. The predicted octanol–water partition coefficient (Wildman–Crippen LogP) is 3.89. The lowest BCUT2D eigenvalue weighted by Crippen LogP contribution is -2.19. The van der Waals surface area contributed by atoms with Crippen LogP contribution in [0.2, 0.25) is 10.0 Å². The smallest absolute Gasteiger partial charge is 0.142 e. The lowest BCUT2D eigenvalue weighted by Gasteiger charge is -2.15. The average Bonchev–Trinajstić information content (AvgIpc) is 2.36. The molecule has 0 aromatic heterocycles. The molecule has 1 aromatic carbocycles. The monoisotopic (exact) mass is 319 g/mol. The van der Waals surface area contributed by atoms with Gasteiger partial charge in [0.05, 0.1) is 11.6 Å². The standard InChI is InChI=1S/C15H23Cl2NO2/c1-11(2)9-18-10-12-7-13(16)8-14(17)15(12)20-6-4-3-5-19/h7-8,11,18-19H,3-6,9-10H2,1-2H3. The van der Waals surface area contributed by atoms with Gasteiger partial charge in [0.1, 0.15) is 5.75 Å². The Morgan fingerprint density at radius 2 is 2.00 bits per heavy atom. The molecule has 114 valence electrons. The van der Waals surface area contributed by atoms with Crippen molar-refractivity contribution in [3.05, 3.63) is 27.7 Å². The molecular formula is C15H23Cl2NO2. The van der Waals surface area contributed by atoms with Gasteiger partial charge in [-0.1, -0.05) is 37.0 Å². The highest BCUT2D eigenvalue weighted by atomic mass is 35.5. The predicted molar refractivity (Wildman–Crippen MR) is 84.8 cm³/mol. The number of unbranched alkanes of at least 4 members (excludes halogenated alkanes) is 1. The minimum Gasteiger partial charge on any atom is -0.492 e. The zero-order valence-electron chi connectivity index (χ0n) is 12.1. The summed E-state index contributed by atoms with van der Waals surface area (Å²) < 4.78 is 5.74. The van der Waals surface area contributed by atoms with Crippen LogP contribution in [-0.4, -0.2) is 24.9 Å². The second-order valence-electron chi connectivity index (χ2n) is 5.18.